The van der Waals surface area contributed by atoms with E-state index in [1.807, 2.05) is 18.3 Å². The summed E-state index contributed by atoms with van der Waals surface area (Å²) in [5.74, 6) is 1.50. The maximum atomic E-state index is 5.76. The molecule has 0 saturated heterocycles. The molecule has 0 N–H and O–H groups in total. The first-order valence-corrected chi connectivity index (χ1v) is 6.52. The van der Waals surface area contributed by atoms with Gasteiger partial charge in [0.2, 0.25) is 0 Å². The second-order valence-electron chi connectivity index (χ2n) is 4.10. The maximum absolute atomic E-state index is 5.76. The Hall–Kier alpha value is -0.800. The Balaban J connectivity index is 2.79. The molecule has 1 aromatic heterocycles. The van der Waals surface area contributed by atoms with Gasteiger partial charge in [-0.1, -0.05) is 13.0 Å². The Morgan fingerprint density at radius 1 is 1.47 bits per heavy atom. The van der Waals surface area contributed by atoms with E-state index >= 15 is 0 Å². The van der Waals surface area contributed by atoms with Crippen LogP contribution in [-0.4, -0.2) is 31.3 Å². The molecule has 1 heterocycles. The third-order valence-electron chi connectivity index (χ3n) is 2.92. The number of ether oxygens (including phenoxy) is 1. The molecule has 0 aliphatic carbocycles. The summed E-state index contributed by atoms with van der Waals surface area (Å²) in [6.45, 7) is 5.95. The van der Waals surface area contributed by atoms with E-state index in [-0.39, 0.29) is 0 Å². The average molecular weight is 257 g/mol. The fourth-order valence-corrected chi connectivity index (χ4v) is 1.79. The van der Waals surface area contributed by atoms with E-state index in [2.05, 4.69) is 23.7 Å². The fraction of sp³-hybridized carbons (Fsp3) is 0.615. The summed E-state index contributed by atoms with van der Waals surface area (Å²) < 4.78 is 5.14. The SMILES string of the molecule is CCC(C)N(CCOC)c1ccc(CCl)cn1. The van der Waals surface area contributed by atoms with Gasteiger partial charge in [0.15, 0.2) is 0 Å². The van der Waals surface area contributed by atoms with E-state index < -0.39 is 0 Å². The van der Waals surface area contributed by atoms with Crippen LogP contribution in [0.1, 0.15) is 25.8 Å². The third kappa shape index (κ3) is 4.17. The van der Waals surface area contributed by atoms with Crippen LogP contribution in [0.15, 0.2) is 18.3 Å². The van der Waals surface area contributed by atoms with E-state index in [1.54, 1.807) is 7.11 Å². The van der Waals surface area contributed by atoms with Gasteiger partial charge < -0.3 is 9.64 Å². The number of aromatic nitrogens is 1. The van der Waals surface area contributed by atoms with E-state index in [0.717, 1.165) is 24.3 Å². The van der Waals surface area contributed by atoms with Crippen molar-refractivity contribution in [3.8, 4) is 0 Å². The molecule has 1 rings (SSSR count). The Kier molecular flexibility index (Phi) is 6.30. The average Bonchev–Trinajstić information content (AvgIpc) is 2.39. The van der Waals surface area contributed by atoms with Crippen molar-refractivity contribution in [3.63, 3.8) is 0 Å². The van der Waals surface area contributed by atoms with Gasteiger partial charge in [-0.2, -0.15) is 0 Å². The minimum atomic E-state index is 0.458. The van der Waals surface area contributed by atoms with E-state index in [0.29, 0.717) is 18.5 Å². The first-order chi connectivity index (χ1) is 8.22. The fourth-order valence-electron chi connectivity index (χ4n) is 1.64. The van der Waals surface area contributed by atoms with Crippen LogP contribution in [0.4, 0.5) is 5.82 Å². The summed E-state index contributed by atoms with van der Waals surface area (Å²) in [4.78, 5) is 6.72. The molecule has 0 spiro atoms. The second kappa shape index (κ2) is 7.51. The zero-order valence-electron chi connectivity index (χ0n) is 10.8. The number of rotatable bonds is 7. The predicted octanol–water partition coefficient (Wildman–Crippen LogP) is 3.07. The summed E-state index contributed by atoms with van der Waals surface area (Å²) in [5, 5.41) is 0. The zero-order valence-corrected chi connectivity index (χ0v) is 11.6. The topological polar surface area (TPSA) is 25.4 Å². The molecule has 0 aromatic carbocycles. The highest BCUT2D eigenvalue weighted by Crippen LogP contribution is 2.16. The van der Waals surface area contributed by atoms with Crippen LogP contribution >= 0.6 is 11.6 Å². The van der Waals surface area contributed by atoms with Crippen molar-refractivity contribution >= 4 is 17.4 Å². The summed E-state index contributed by atoms with van der Waals surface area (Å²) in [6, 6.07) is 4.51. The normalized spacial score (nSPS) is 12.5. The standard InChI is InChI=1S/C13H21ClN2O/c1-4-11(2)16(7-8-17-3)13-6-5-12(9-14)10-15-13/h5-6,10-11H,4,7-9H2,1-3H3. The van der Waals surface area contributed by atoms with Crippen molar-refractivity contribution in [1.82, 2.24) is 4.98 Å². The molecule has 3 nitrogen and oxygen atoms in total. The molecule has 96 valence electrons. The molecule has 1 aromatic rings. The third-order valence-corrected chi connectivity index (χ3v) is 3.23. The lowest BCUT2D eigenvalue weighted by Gasteiger charge is -2.29. The number of alkyl halides is 1. The maximum Gasteiger partial charge on any atom is 0.128 e. The van der Waals surface area contributed by atoms with Crippen LogP contribution in [0, 0.1) is 0 Å². The number of pyridine rings is 1. The lowest BCUT2D eigenvalue weighted by molar-refractivity contribution is 0.203. The van der Waals surface area contributed by atoms with Gasteiger partial charge in [0.05, 0.1) is 6.61 Å². The molecular formula is C13H21ClN2O. The highest BCUT2D eigenvalue weighted by Gasteiger charge is 2.13. The molecule has 0 aliphatic rings. The molecule has 17 heavy (non-hydrogen) atoms. The molecule has 4 heteroatoms. The lowest BCUT2D eigenvalue weighted by atomic mass is 10.2. The quantitative estimate of drug-likeness (QED) is 0.701. The molecule has 0 radical (unpaired) electrons. The first kappa shape index (κ1) is 14.3. The van der Waals surface area contributed by atoms with Crippen LogP contribution < -0.4 is 4.90 Å². The van der Waals surface area contributed by atoms with Gasteiger partial charge in [0.25, 0.3) is 0 Å². The van der Waals surface area contributed by atoms with Crippen molar-refractivity contribution in [1.29, 1.82) is 0 Å². The molecule has 0 bridgehead atoms. The van der Waals surface area contributed by atoms with Crippen LogP contribution in [0.2, 0.25) is 0 Å². The molecule has 0 fully saturated rings. The van der Waals surface area contributed by atoms with Crippen molar-refractivity contribution in [2.75, 3.05) is 25.2 Å². The van der Waals surface area contributed by atoms with Gasteiger partial charge in [0, 0.05) is 31.8 Å². The Labute approximate surface area is 109 Å². The monoisotopic (exact) mass is 256 g/mol. The van der Waals surface area contributed by atoms with E-state index in [4.69, 9.17) is 16.3 Å². The van der Waals surface area contributed by atoms with E-state index in [1.165, 1.54) is 0 Å². The highest BCUT2D eigenvalue weighted by atomic mass is 35.5. The summed E-state index contributed by atoms with van der Waals surface area (Å²) >= 11 is 5.76. The second-order valence-corrected chi connectivity index (χ2v) is 4.37. The number of hydrogen-bond acceptors (Lipinski definition) is 3. The van der Waals surface area contributed by atoms with E-state index in [9.17, 15) is 0 Å². The van der Waals surface area contributed by atoms with Crippen LogP contribution in [0.5, 0.6) is 0 Å². The van der Waals surface area contributed by atoms with Crippen LogP contribution in [0.25, 0.3) is 0 Å². The minimum absolute atomic E-state index is 0.458. The van der Waals surface area contributed by atoms with Gasteiger partial charge in [-0.05, 0) is 25.0 Å². The summed E-state index contributed by atoms with van der Waals surface area (Å²) in [5.41, 5.74) is 1.05. The number of hydrogen-bond donors (Lipinski definition) is 0. The molecular weight excluding hydrogens is 236 g/mol. The predicted molar refractivity (Wildman–Crippen MR) is 72.8 cm³/mol. The van der Waals surface area contributed by atoms with Gasteiger partial charge in [-0.25, -0.2) is 4.98 Å². The molecule has 0 aliphatic heterocycles. The Morgan fingerprint density at radius 2 is 2.24 bits per heavy atom. The van der Waals surface area contributed by atoms with Gasteiger partial charge >= 0.3 is 0 Å². The van der Waals surface area contributed by atoms with Crippen molar-refractivity contribution in [2.45, 2.75) is 32.2 Å². The van der Waals surface area contributed by atoms with Gasteiger partial charge in [-0.3, -0.25) is 0 Å². The number of halogens is 1. The van der Waals surface area contributed by atoms with Crippen LogP contribution in [-0.2, 0) is 10.6 Å². The largest absolute Gasteiger partial charge is 0.383 e. The van der Waals surface area contributed by atoms with Crippen molar-refractivity contribution < 1.29 is 4.74 Å². The van der Waals surface area contributed by atoms with Gasteiger partial charge in [-0.15, -0.1) is 11.6 Å². The Morgan fingerprint density at radius 3 is 2.71 bits per heavy atom. The molecule has 1 unspecified atom stereocenters. The summed E-state index contributed by atoms with van der Waals surface area (Å²) in [7, 11) is 1.72. The molecule has 0 amide bonds. The lowest BCUT2D eigenvalue weighted by Crippen LogP contribution is -2.36. The summed E-state index contributed by atoms with van der Waals surface area (Å²) in [6.07, 6.45) is 2.92. The molecule has 1 atom stereocenters. The first-order valence-electron chi connectivity index (χ1n) is 5.99. The number of methoxy groups -OCH3 is 1. The smallest absolute Gasteiger partial charge is 0.128 e. The zero-order chi connectivity index (χ0) is 12.7. The number of anilines is 1. The highest BCUT2D eigenvalue weighted by molar-refractivity contribution is 6.17. The number of nitrogens with zero attached hydrogens (tertiary/aromatic N) is 2. The van der Waals surface area contributed by atoms with Crippen molar-refractivity contribution in [3.05, 3.63) is 23.9 Å². The van der Waals surface area contributed by atoms with Crippen molar-refractivity contribution in [2.24, 2.45) is 0 Å². The molecule has 0 saturated carbocycles. The van der Waals surface area contributed by atoms with Crippen LogP contribution in [0.3, 0.4) is 0 Å². The minimum Gasteiger partial charge on any atom is -0.383 e. The Bertz CT molecular complexity index is 316. The van der Waals surface area contributed by atoms with Gasteiger partial charge in [0.1, 0.15) is 5.82 Å².